The molecule has 0 bridgehead atoms. The van der Waals surface area contributed by atoms with Gasteiger partial charge in [0, 0.05) is 5.02 Å². The van der Waals surface area contributed by atoms with Crippen LogP contribution in [0.3, 0.4) is 0 Å². The van der Waals surface area contributed by atoms with Gasteiger partial charge >= 0.3 is 12.1 Å². The summed E-state index contributed by atoms with van der Waals surface area (Å²) < 4.78 is 48.5. The zero-order chi connectivity index (χ0) is 19.3. The number of esters is 1. The number of rotatable bonds is 5. The molecule has 0 unspecified atom stereocenters. The summed E-state index contributed by atoms with van der Waals surface area (Å²) in [5, 5.41) is 2.32. The normalized spacial score (nSPS) is 11.0. The number of hydrogen-bond donors (Lipinski definition) is 1. The first-order valence-corrected chi connectivity index (χ1v) is 7.57. The third-order valence-electron chi connectivity index (χ3n) is 3.22. The summed E-state index contributed by atoms with van der Waals surface area (Å²) >= 11 is 5.80. The Kier molecular flexibility index (Phi) is 6.10. The average Bonchev–Trinajstić information content (AvgIpc) is 2.59. The Bertz CT molecular complexity index is 824. The Balaban J connectivity index is 2.04. The number of anilines is 1. The van der Waals surface area contributed by atoms with Crippen LogP contribution in [0.2, 0.25) is 5.02 Å². The predicted molar refractivity (Wildman–Crippen MR) is 88.4 cm³/mol. The molecule has 0 atom stereocenters. The third kappa shape index (κ3) is 4.89. The lowest BCUT2D eigenvalue weighted by atomic mass is 10.1. The van der Waals surface area contributed by atoms with Gasteiger partial charge in [0.25, 0.3) is 5.91 Å². The number of nitrogens with one attached hydrogen (secondary N) is 1. The highest BCUT2D eigenvalue weighted by Gasteiger charge is 2.33. The first-order valence-electron chi connectivity index (χ1n) is 7.19. The molecule has 0 aliphatic heterocycles. The van der Waals surface area contributed by atoms with Crippen molar-refractivity contribution < 1.29 is 32.2 Å². The van der Waals surface area contributed by atoms with Crippen LogP contribution in [-0.4, -0.2) is 25.6 Å². The Morgan fingerprint density at radius 1 is 1.15 bits per heavy atom. The summed E-state index contributed by atoms with van der Waals surface area (Å²) in [7, 11) is 1.33. The molecule has 0 spiro atoms. The summed E-state index contributed by atoms with van der Waals surface area (Å²) in [4.78, 5) is 23.9. The molecular formula is C17H13ClF3NO4. The molecule has 2 aromatic carbocycles. The second-order valence-electron chi connectivity index (χ2n) is 5.01. The second kappa shape index (κ2) is 8.09. The Hall–Kier alpha value is -2.74. The van der Waals surface area contributed by atoms with Crippen LogP contribution in [0.15, 0.2) is 42.5 Å². The molecule has 0 fully saturated rings. The van der Waals surface area contributed by atoms with Crippen LogP contribution in [-0.2, 0) is 15.7 Å². The van der Waals surface area contributed by atoms with Gasteiger partial charge in [-0.05, 0) is 30.3 Å². The van der Waals surface area contributed by atoms with E-state index in [9.17, 15) is 22.8 Å². The molecule has 2 aromatic rings. The van der Waals surface area contributed by atoms with E-state index in [0.717, 1.165) is 12.1 Å². The van der Waals surface area contributed by atoms with Crippen molar-refractivity contribution in [3.63, 3.8) is 0 Å². The van der Waals surface area contributed by atoms with Crippen LogP contribution in [0, 0.1) is 0 Å². The maximum atomic E-state index is 12.9. The molecule has 0 aliphatic rings. The maximum Gasteiger partial charge on any atom is 0.418 e. The summed E-state index contributed by atoms with van der Waals surface area (Å²) in [6, 6.07) is 8.70. The number of methoxy groups -OCH3 is 1. The van der Waals surface area contributed by atoms with Crippen molar-refractivity contribution in [2.75, 3.05) is 19.0 Å². The molecule has 0 aromatic heterocycles. The molecule has 2 rings (SSSR count). The highest BCUT2D eigenvalue weighted by atomic mass is 35.5. The fraction of sp³-hybridized carbons (Fsp3) is 0.176. The van der Waals surface area contributed by atoms with Gasteiger partial charge in [-0.25, -0.2) is 4.79 Å². The average molecular weight is 388 g/mol. The van der Waals surface area contributed by atoms with Gasteiger partial charge in [0.15, 0.2) is 6.61 Å². The molecule has 1 N–H and O–H groups in total. The van der Waals surface area contributed by atoms with Gasteiger partial charge in [0.2, 0.25) is 0 Å². The predicted octanol–water partition coefficient (Wildman–Crippen LogP) is 4.16. The Morgan fingerprint density at radius 3 is 2.50 bits per heavy atom. The zero-order valence-electron chi connectivity index (χ0n) is 13.4. The number of benzene rings is 2. The van der Waals surface area contributed by atoms with Crippen molar-refractivity contribution in [1.29, 1.82) is 0 Å². The van der Waals surface area contributed by atoms with E-state index >= 15 is 0 Å². The van der Waals surface area contributed by atoms with E-state index in [1.165, 1.54) is 37.4 Å². The summed E-state index contributed by atoms with van der Waals surface area (Å²) in [6.45, 7) is -0.777. The number of carbonyl (C=O) groups excluding carboxylic acids is 2. The molecule has 0 aliphatic carbocycles. The van der Waals surface area contributed by atoms with Gasteiger partial charge in [0.05, 0.1) is 18.4 Å². The standard InChI is InChI=1S/C17H13ClF3NO4/c1-25-14-7-6-10(18)8-11(14)16(24)26-9-15(23)22-13-5-3-2-4-12(13)17(19,20)21/h2-8H,9H2,1H3,(H,22,23). The Morgan fingerprint density at radius 2 is 1.85 bits per heavy atom. The minimum absolute atomic E-state index is 0.0107. The highest BCUT2D eigenvalue weighted by Crippen LogP contribution is 2.34. The fourth-order valence-corrected chi connectivity index (χ4v) is 2.25. The molecule has 0 heterocycles. The fourth-order valence-electron chi connectivity index (χ4n) is 2.07. The van der Waals surface area contributed by atoms with E-state index in [1.807, 2.05) is 0 Å². The van der Waals surface area contributed by atoms with Gasteiger partial charge in [-0.3, -0.25) is 4.79 Å². The number of carbonyl (C=O) groups is 2. The quantitative estimate of drug-likeness (QED) is 0.782. The monoisotopic (exact) mass is 387 g/mol. The lowest BCUT2D eigenvalue weighted by molar-refractivity contribution is -0.137. The molecule has 138 valence electrons. The summed E-state index contributed by atoms with van der Waals surface area (Å²) in [6.07, 6.45) is -4.63. The molecule has 0 radical (unpaired) electrons. The van der Waals surface area contributed by atoms with Crippen LogP contribution in [0.4, 0.5) is 18.9 Å². The van der Waals surface area contributed by atoms with Crippen LogP contribution in [0.25, 0.3) is 0 Å². The molecule has 1 amide bonds. The lowest BCUT2D eigenvalue weighted by Crippen LogP contribution is -2.23. The number of para-hydroxylation sites is 1. The first-order chi connectivity index (χ1) is 12.2. The molecule has 9 heteroatoms. The summed E-state index contributed by atoms with van der Waals surface area (Å²) in [5.41, 5.74) is -1.44. The van der Waals surface area contributed by atoms with Crippen molar-refractivity contribution in [3.8, 4) is 5.75 Å². The number of hydrogen-bond acceptors (Lipinski definition) is 4. The molecule has 26 heavy (non-hydrogen) atoms. The molecule has 0 saturated carbocycles. The molecule has 0 saturated heterocycles. The second-order valence-corrected chi connectivity index (χ2v) is 5.45. The maximum absolute atomic E-state index is 12.9. The lowest BCUT2D eigenvalue weighted by Gasteiger charge is -2.14. The van der Waals surface area contributed by atoms with Crippen molar-refractivity contribution in [3.05, 3.63) is 58.6 Å². The van der Waals surface area contributed by atoms with Crippen LogP contribution in [0.1, 0.15) is 15.9 Å². The van der Waals surface area contributed by atoms with Gasteiger partial charge in [0.1, 0.15) is 11.3 Å². The minimum Gasteiger partial charge on any atom is -0.496 e. The van der Waals surface area contributed by atoms with Gasteiger partial charge < -0.3 is 14.8 Å². The smallest absolute Gasteiger partial charge is 0.418 e. The Labute approximate surface area is 151 Å². The zero-order valence-corrected chi connectivity index (χ0v) is 14.1. The molecular weight excluding hydrogens is 375 g/mol. The van der Waals surface area contributed by atoms with E-state index < -0.39 is 35.9 Å². The topological polar surface area (TPSA) is 64.6 Å². The van der Waals surface area contributed by atoms with E-state index in [2.05, 4.69) is 5.32 Å². The third-order valence-corrected chi connectivity index (χ3v) is 3.46. The van der Waals surface area contributed by atoms with E-state index in [0.29, 0.717) is 0 Å². The number of ether oxygens (including phenoxy) is 2. The minimum atomic E-state index is -4.63. The first kappa shape index (κ1) is 19.6. The SMILES string of the molecule is COc1ccc(Cl)cc1C(=O)OCC(=O)Nc1ccccc1C(F)(F)F. The number of alkyl halides is 3. The molecule has 5 nitrogen and oxygen atoms in total. The number of amides is 1. The van der Waals surface area contributed by atoms with E-state index in [-0.39, 0.29) is 16.3 Å². The van der Waals surface area contributed by atoms with Crippen LogP contribution in [0.5, 0.6) is 5.75 Å². The number of halogens is 4. The van der Waals surface area contributed by atoms with Crippen LogP contribution < -0.4 is 10.1 Å². The van der Waals surface area contributed by atoms with Gasteiger partial charge in [-0.1, -0.05) is 23.7 Å². The van der Waals surface area contributed by atoms with Crippen molar-refractivity contribution in [2.24, 2.45) is 0 Å². The van der Waals surface area contributed by atoms with Crippen LogP contribution >= 0.6 is 11.6 Å². The van der Waals surface area contributed by atoms with E-state index in [4.69, 9.17) is 21.1 Å². The largest absolute Gasteiger partial charge is 0.496 e. The van der Waals surface area contributed by atoms with Gasteiger partial charge in [-0.2, -0.15) is 13.2 Å². The van der Waals surface area contributed by atoms with Crippen molar-refractivity contribution in [1.82, 2.24) is 0 Å². The van der Waals surface area contributed by atoms with E-state index in [1.54, 1.807) is 0 Å². The van der Waals surface area contributed by atoms with Crippen molar-refractivity contribution in [2.45, 2.75) is 6.18 Å². The highest BCUT2D eigenvalue weighted by molar-refractivity contribution is 6.31. The summed E-state index contributed by atoms with van der Waals surface area (Å²) in [5.74, 6) is -1.64. The van der Waals surface area contributed by atoms with Crippen molar-refractivity contribution >= 4 is 29.2 Å². The van der Waals surface area contributed by atoms with Gasteiger partial charge in [-0.15, -0.1) is 0 Å².